The Morgan fingerprint density at radius 3 is 2.17 bits per heavy atom. The third-order valence-corrected chi connectivity index (χ3v) is 5.55. The summed E-state index contributed by atoms with van der Waals surface area (Å²) in [5.74, 6) is -0.330. The lowest BCUT2D eigenvalue weighted by Gasteiger charge is -2.24. The largest absolute Gasteiger partial charge is 0.507 e. The van der Waals surface area contributed by atoms with Gasteiger partial charge in [0, 0.05) is 17.3 Å². The molecule has 0 spiro atoms. The molecule has 3 aromatic rings. The summed E-state index contributed by atoms with van der Waals surface area (Å²) in [5.41, 5.74) is 1.28. The van der Waals surface area contributed by atoms with Gasteiger partial charge < -0.3 is 30.3 Å². The van der Waals surface area contributed by atoms with Crippen molar-refractivity contribution < 1.29 is 29.3 Å². The molecular weight excluding hydrogens is 448 g/mol. The maximum absolute atomic E-state index is 13.0. The predicted molar refractivity (Wildman–Crippen MR) is 133 cm³/mol. The second kappa shape index (κ2) is 11.9. The summed E-state index contributed by atoms with van der Waals surface area (Å²) < 4.78 is 10.4. The van der Waals surface area contributed by atoms with E-state index in [1.54, 1.807) is 30.3 Å². The number of amides is 2. The van der Waals surface area contributed by atoms with Crippen molar-refractivity contribution in [2.24, 2.45) is 0 Å². The zero-order valence-corrected chi connectivity index (χ0v) is 19.9. The molecule has 2 atom stereocenters. The highest BCUT2D eigenvalue weighted by Gasteiger charge is 2.24. The van der Waals surface area contributed by atoms with Crippen LogP contribution in [0.25, 0.3) is 0 Å². The number of methoxy groups -OCH3 is 2. The third kappa shape index (κ3) is 6.51. The molecule has 3 aromatic carbocycles. The van der Waals surface area contributed by atoms with E-state index in [2.05, 4.69) is 10.6 Å². The summed E-state index contributed by atoms with van der Waals surface area (Å²) in [5, 5.41) is 26.7. The summed E-state index contributed by atoms with van der Waals surface area (Å²) >= 11 is 0. The number of anilines is 1. The van der Waals surface area contributed by atoms with Crippen LogP contribution in [0, 0.1) is 0 Å². The van der Waals surface area contributed by atoms with Crippen LogP contribution in [-0.2, 0) is 0 Å². The smallest absolute Gasteiger partial charge is 0.255 e. The zero-order chi connectivity index (χ0) is 25.4. The van der Waals surface area contributed by atoms with E-state index in [0.717, 1.165) is 6.42 Å². The second-order valence-electron chi connectivity index (χ2n) is 8.01. The van der Waals surface area contributed by atoms with E-state index in [1.807, 2.05) is 25.1 Å². The van der Waals surface area contributed by atoms with Gasteiger partial charge in [-0.05, 0) is 42.3 Å². The molecule has 0 aliphatic rings. The van der Waals surface area contributed by atoms with Crippen molar-refractivity contribution in [3.63, 3.8) is 0 Å². The lowest BCUT2D eigenvalue weighted by atomic mass is 9.98. The molecule has 2 unspecified atom stereocenters. The molecule has 3 rings (SSSR count). The zero-order valence-electron chi connectivity index (χ0n) is 19.9. The first-order valence-corrected chi connectivity index (χ1v) is 11.3. The van der Waals surface area contributed by atoms with Gasteiger partial charge in [-0.2, -0.15) is 0 Å². The fourth-order valence-corrected chi connectivity index (χ4v) is 3.69. The highest BCUT2D eigenvalue weighted by atomic mass is 16.5. The average molecular weight is 479 g/mol. The molecule has 0 saturated heterocycles. The van der Waals surface area contributed by atoms with Crippen LogP contribution < -0.4 is 20.1 Å². The van der Waals surface area contributed by atoms with E-state index in [1.165, 1.54) is 32.4 Å². The SMILES string of the molecule is CCCC(NC(=O)c1cc(NC(=O)c2cc(OC)cc(OC)c2)ccc1O)C(O)c1ccccc1. The second-order valence-corrected chi connectivity index (χ2v) is 8.01. The predicted octanol–water partition coefficient (Wildman–Crippen LogP) is 4.29. The Kier molecular flexibility index (Phi) is 8.69. The maximum atomic E-state index is 13.0. The van der Waals surface area contributed by atoms with Gasteiger partial charge in [0.1, 0.15) is 17.2 Å². The van der Waals surface area contributed by atoms with Crippen LogP contribution >= 0.6 is 0 Å². The number of hydrogen-bond donors (Lipinski definition) is 4. The van der Waals surface area contributed by atoms with Gasteiger partial charge in [0.05, 0.1) is 31.9 Å². The fourth-order valence-electron chi connectivity index (χ4n) is 3.69. The minimum Gasteiger partial charge on any atom is -0.507 e. The Morgan fingerprint density at radius 2 is 1.57 bits per heavy atom. The fraction of sp³-hybridized carbons (Fsp3) is 0.259. The standard InChI is InChI=1S/C27H30N2O6/c1-4-8-23(25(31)17-9-6-5-7-10-17)29-27(33)22-15-19(11-12-24(22)30)28-26(32)18-13-20(34-2)16-21(14-18)35-3/h5-7,9-16,23,25,30-31H,4,8H2,1-3H3,(H,28,32)(H,29,33). The third-order valence-electron chi connectivity index (χ3n) is 5.55. The molecule has 0 radical (unpaired) electrons. The number of ether oxygens (including phenoxy) is 2. The van der Waals surface area contributed by atoms with E-state index in [4.69, 9.17) is 9.47 Å². The van der Waals surface area contributed by atoms with Crippen molar-refractivity contribution in [1.29, 1.82) is 0 Å². The van der Waals surface area contributed by atoms with E-state index in [-0.39, 0.29) is 11.3 Å². The van der Waals surface area contributed by atoms with Crippen molar-refractivity contribution >= 4 is 17.5 Å². The molecule has 0 saturated carbocycles. The van der Waals surface area contributed by atoms with Crippen LogP contribution in [-0.4, -0.2) is 42.3 Å². The van der Waals surface area contributed by atoms with Crippen LogP contribution in [0.2, 0.25) is 0 Å². The number of hydrogen-bond acceptors (Lipinski definition) is 6. The van der Waals surface area contributed by atoms with E-state index in [9.17, 15) is 19.8 Å². The van der Waals surface area contributed by atoms with Crippen LogP contribution in [0.5, 0.6) is 17.2 Å². The van der Waals surface area contributed by atoms with Crippen LogP contribution in [0.15, 0.2) is 66.7 Å². The molecule has 0 fully saturated rings. The van der Waals surface area contributed by atoms with Gasteiger partial charge in [0.25, 0.3) is 11.8 Å². The number of phenols is 1. The van der Waals surface area contributed by atoms with Gasteiger partial charge in [-0.1, -0.05) is 43.7 Å². The van der Waals surface area contributed by atoms with Crippen molar-refractivity contribution in [2.45, 2.75) is 31.9 Å². The molecule has 0 heterocycles. The number of aliphatic hydroxyl groups excluding tert-OH is 1. The molecule has 4 N–H and O–H groups in total. The summed E-state index contributed by atoms with van der Waals surface area (Å²) in [6, 6.07) is 17.5. The first-order chi connectivity index (χ1) is 16.9. The molecule has 8 nitrogen and oxygen atoms in total. The summed E-state index contributed by atoms with van der Waals surface area (Å²) in [6.45, 7) is 1.96. The monoisotopic (exact) mass is 478 g/mol. The lowest BCUT2D eigenvalue weighted by Crippen LogP contribution is -2.39. The molecular formula is C27H30N2O6. The molecule has 2 amide bonds. The number of benzene rings is 3. The molecule has 0 bridgehead atoms. The Morgan fingerprint density at radius 1 is 0.914 bits per heavy atom. The highest BCUT2D eigenvalue weighted by molar-refractivity contribution is 6.06. The van der Waals surface area contributed by atoms with Gasteiger partial charge in [0.15, 0.2) is 0 Å². The number of rotatable bonds is 10. The summed E-state index contributed by atoms with van der Waals surface area (Å²) in [7, 11) is 2.98. The van der Waals surface area contributed by atoms with Crippen molar-refractivity contribution in [3.8, 4) is 17.2 Å². The van der Waals surface area contributed by atoms with Gasteiger partial charge in [0.2, 0.25) is 0 Å². The van der Waals surface area contributed by atoms with E-state index >= 15 is 0 Å². The molecule has 0 aliphatic heterocycles. The van der Waals surface area contributed by atoms with E-state index < -0.39 is 24.0 Å². The molecule has 0 aromatic heterocycles. The minimum absolute atomic E-state index is 0.0209. The molecule has 35 heavy (non-hydrogen) atoms. The quantitative estimate of drug-likeness (QED) is 0.323. The minimum atomic E-state index is -0.909. The van der Waals surface area contributed by atoms with Crippen molar-refractivity contribution in [3.05, 3.63) is 83.4 Å². The van der Waals surface area contributed by atoms with Gasteiger partial charge in [-0.3, -0.25) is 9.59 Å². The molecule has 184 valence electrons. The van der Waals surface area contributed by atoms with E-state index in [0.29, 0.717) is 34.7 Å². The van der Waals surface area contributed by atoms with Gasteiger partial charge in [-0.15, -0.1) is 0 Å². The van der Waals surface area contributed by atoms with Crippen LogP contribution in [0.4, 0.5) is 5.69 Å². The number of phenolic OH excluding ortho intramolecular Hbond substituents is 1. The molecule has 0 aliphatic carbocycles. The molecule has 8 heteroatoms. The lowest BCUT2D eigenvalue weighted by molar-refractivity contribution is 0.0817. The van der Waals surface area contributed by atoms with Crippen LogP contribution in [0.3, 0.4) is 0 Å². The topological polar surface area (TPSA) is 117 Å². The Balaban J connectivity index is 1.79. The van der Waals surface area contributed by atoms with Gasteiger partial charge in [-0.25, -0.2) is 0 Å². The number of carbonyl (C=O) groups is 2. The van der Waals surface area contributed by atoms with Gasteiger partial charge >= 0.3 is 0 Å². The Hall–Kier alpha value is -4.04. The number of nitrogens with one attached hydrogen (secondary N) is 2. The van der Waals surface area contributed by atoms with Crippen molar-refractivity contribution in [1.82, 2.24) is 5.32 Å². The normalized spacial score (nSPS) is 12.3. The first-order valence-electron chi connectivity index (χ1n) is 11.3. The maximum Gasteiger partial charge on any atom is 0.255 e. The van der Waals surface area contributed by atoms with Crippen molar-refractivity contribution in [2.75, 3.05) is 19.5 Å². The Bertz CT molecular complexity index is 1140. The van der Waals surface area contributed by atoms with Crippen LogP contribution in [0.1, 0.15) is 52.1 Å². The highest BCUT2D eigenvalue weighted by Crippen LogP contribution is 2.26. The summed E-state index contributed by atoms with van der Waals surface area (Å²) in [4.78, 5) is 25.8. The average Bonchev–Trinajstić information content (AvgIpc) is 2.89. The number of aromatic hydroxyl groups is 1. The summed E-state index contributed by atoms with van der Waals surface area (Å²) in [6.07, 6.45) is 0.366. The number of carbonyl (C=O) groups excluding carboxylic acids is 2. The number of aliphatic hydroxyl groups is 1. The Labute approximate surface area is 204 Å². The first kappa shape index (κ1) is 25.6.